The summed E-state index contributed by atoms with van der Waals surface area (Å²) in [6.45, 7) is 2.97. The Balaban J connectivity index is 0.000000173. The van der Waals surface area contributed by atoms with Gasteiger partial charge in [0.05, 0.1) is 21.2 Å². The third-order valence-corrected chi connectivity index (χ3v) is 8.99. The number of aromatic hydroxyl groups is 1. The lowest BCUT2D eigenvalue weighted by Crippen LogP contribution is -2.22. The lowest BCUT2D eigenvalue weighted by molar-refractivity contribution is 0.371. The van der Waals surface area contributed by atoms with Gasteiger partial charge in [0.25, 0.3) is 11.1 Å². The highest BCUT2D eigenvalue weighted by Gasteiger charge is 2.23. The number of aromatic nitrogens is 4. The standard InChI is InChI=1S/C17H16Cl2N2O2.C14H14Cl2N2O2/c1-2-10-23-14-11-12(6-7-13(14)18)15-16(19)20-8-4-3-5-9-21(20)17(15)22;15-10-5-4-9(8-11(10)19)12-13(16)17-6-2-1-3-7-18(17)14(12)20/h1,6-7,11H,3-5,8-10H2;4-5,8,19H,1-3,6-7H2. The number of terminal acetylenes is 1. The van der Waals surface area contributed by atoms with Crippen LogP contribution in [0.15, 0.2) is 46.0 Å². The largest absolute Gasteiger partial charge is 0.506 e. The summed E-state index contributed by atoms with van der Waals surface area (Å²) in [6.07, 6.45) is 11.4. The molecule has 8 nitrogen and oxygen atoms in total. The van der Waals surface area contributed by atoms with Crippen LogP contribution < -0.4 is 15.9 Å². The van der Waals surface area contributed by atoms with E-state index in [1.165, 1.54) is 6.07 Å². The van der Waals surface area contributed by atoms with Gasteiger partial charge in [-0.15, -0.1) is 6.42 Å². The molecule has 43 heavy (non-hydrogen) atoms. The topological polar surface area (TPSA) is 83.3 Å². The minimum absolute atomic E-state index is 0.0500. The second kappa shape index (κ2) is 13.6. The van der Waals surface area contributed by atoms with Gasteiger partial charge in [-0.25, -0.2) is 9.36 Å². The van der Waals surface area contributed by atoms with Crippen molar-refractivity contribution < 1.29 is 9.84 Å². The molecular weight excluding hydrogens is 634 g/mol. The second-order valence-electron chi connectivity index (χ2n) is 10.4. The summed E-state index contributed by atoms with van der Waals surface area (Å²) >= 11 is 24.8. The Bertz CT molecular complexity index is 1810. The number of hydrogen-bond acceptors (Lipinski definition) is 4. The molecule has 0 saturated heterocycles. The molecule has 0 bridgehead atoms. The Labute approximate surface area is 268 Å². The van der Waals surface area contributed by atoms with Crippen molar-refractivity contribution >= 4 is 46.4 Å². The summed E-state index contributed by atoms with van der Waals surface area (Å²) < 4.78 is 12.5. The van der Waals surface area contributed by atoms with Crippen molar-refractivity contribution in [3.63, 3.8) is 0 Å². The highest BCUT2D eigenvalue weighted by molar-refractivity contribution is 6.33. The van der Waals surface area contributed by atoms with Crippen LogP contribution in [0.4, 0.5) is 0 Å². The fourth-order valence-electron chi connectivity index (χ4n) is 5.45. The van der Waals surface area contributed by atoms with Crippen LogP contribution in [0.25, 0.3) is 22.3 Å². The maximum Gasteiger partial charge on any atom is 0.276 e. The summed E-state index contributed by atoms with van der Waals surface area (Å²) in [5.41, 5.74) is 2.00. The molecule has 2 aromatic heterocycles. The van der Waals surface area contributed by atoms with Gasteiger partial charge in [0.2, 0.25) is 0 Å². The number of phenolic OH excluding ortho intramolecular Hbond substituents is 1. The monoisotopic (exact) mass is 662 g/mol. The minimum Gasteiger partial charge on any atom is -0.506 e. The number of ether oxygens (including phenoxy) is 1. The Morgan fingerprint density at radius 2 is 1.16 bits per heavy atom. The van der Waals surface area contributed by atoms with E-state index in [4.69, 9.17) is 57.6 Å². The molecule has 226 valence electrons. The van der Waals surface area contributed by atoms with Gasteiger partial charge in [-0.1, -0.05) is 64.5 Å². The minimum atomic E-state index is -0.112. The van der Waals surface area contributed by atoms with Crippen LogP contribution in [-0.2, 0) is 26.2 Å². The van der Waals surface area contributed by atoms with Crippen LogP contribution in [-0.4, -0.2) is 30.4 Å². The van der Waals surface area contributed by atoms with Crippen LogP contribution >= 0.6 is 46.4 Å². The molecule has 0 aliphatic carbocycles. The van der Waals surface area contributed by atoms with Gasteiger partial charge in [0.1, 0.15) is 28.4 Å². The SMILES string of the molecule is C#CCOc1cc(-c2c(Cl)n3n(c2=O)CCCCC3)ccc1Cl.O=c1c(-c2ccc(Cl)c(O)c2)c(Cl)n2n1CCCCC2. The molecule has 0 atom stereocenters. The van der Waals surface area contributed by atoms with Gasteiger partial charge in [0, 0.05) is 26.2 Å². The molecule has 1 N–H and O–H groups in total. The summed E-state index contributed by atoms with van der Waals surface area (Å²) in [6, 6.07) is 9.91. The zero-order chi connectivity index (χ0) is 30.7. The average molecular weight is 664 g/mol. The number of benzene rings is 2. The van der Waals surface area contributed by atoms with Crippen molar-refractivity contribution in [1.82, 2.24) is 18.7 Å². The molecule has 0 radical (unpaired) electrons. The van der Waals surface area contributed by atoms with E-state index in [-0.39, 0.29) is 28.5 Å². The van der Waals surface area contributed by atoms with Gasteiger partial charge < -0.3 is 9.84 Å². The fourth-order valence-corrected chi connectivity index (χ4v) is 6.47. The van der Waals surface area contributed by atoms with E-state index in [0.29, 0.717) is 56.4 Å². The highest BCUT2D eigenvalue weighted by atomic mass is 35.5. The van der Waals surface area contributed by atoms with Crippen molar-refractivity contribution in [3.05, 3.63) is 77.5 Å². The zero-order valence-electron chi connectivity index (χ0n) is 23.3. The first kappa shape index (κ1) is 31.2. The lowest BCUT2D eigenvalue weighted by Gasteiger charge is -2.08. The first-order valence-corrected chi connectivity index (χ1v) is 15.6. The molecule has 12 heteroatoms. The number of halogens is 4. The van der Waals surface area contributed by atoms with E-state index < -0.39 is 0 Å². The van der Waals surface area contributed by atoms with Gasteiger partial charge in [-0.3, -0.25) is 19.0 Å². The van der Waals surface area contributed by atoms with E-state index >= 15 is 0 Å². The van der Waals surface area contributed by atoms with E-state index in [1.54, 1.807) is 39.7 Å². The first-order valence-electron chi connectivity index (χ1n) is 14.1. The third kappa shape index (κ3) is 6.37. The van der Waals surface area contributed by atoms with Crippen LogP contribution in [0.3, 0.4) is 0 Å². The Morgan fingerprint density at radius 3 is 1.65 bits per heavy atom. The van der Waals surface area contributed by atoms with Crippen LogP contribution in [0.5, 0.6) is 11.5 Å². The smallest absolute Gasteiger partial charge is 0.276 e. The summed E-state index contributed by atoms with van der Waals surface area (Å²) in [7, 11) is 0. The number of fused-ring (bicyclic) bond motifs is 2. The number of nitrogens with zero attached hydrogens (tertiary/aromatic N) is 4. The Hall–Kier alpha value is -3.22. The van der Waals surface area contributed by atoms with Gasteiger partial charge >= 0.3 is 0 Å². The fraction of sp³-hybridized carbons (Fsp3) is 0.355. The van der Waals surface area contributed by atoms with Crippen molar-refractivity contribution in [2.45, 2.75) is 64.7 Å². The predicted molar refractivity (Wildman–Crippen MR) is 172 cm³/mol. The normalized spacial score (nSPS) is 14.4. The molecule has 0 amide bonds. The first-order chi connectivity index (χ1) is 20.7. The summed E-state index contributed by atoms with van der Waals surface area (Å²) in [5, 5.41) is 11.3. The van der Waals surface area contributed by atoms with Crippen LogP contribution in [0.2, 0.25) is 20.4 Å². The predicted octanol–water partition coefficient (Wildman–Crippen LogP) is 7.33. The highest BCUT2D eigenvalue weighted by Crippen LogP contribution is 2.34. The average Bonchev–Trinajstić information content (AvgIpc) is 3.24. The Kier molecular flexibility index (Phi) is 9.88. The molecule has 0 unspecified atom stereocenters. The number of hydrogen-bond donors (Lipinski definition) is 1. The quantitative estimate of drug-likeness (QED) is 0.232. The molecule has 2 aliphatic heterocycles. The van der Waals surface area contributed by atoms with E-state index in [2.05, 4.69) is 5.92 Å². The van der Waals surface area contributed by atoms with E-state index in [9.17, 15) is 14.7 Å². The van der Waals surface area contributed by atoms with Crippen LogP contribution in [0.1, 0.15) is 38.5 Å². The molecule has 4 heterocycles. The molecule has 2 aromatic carbocycles. The molecule has 6 rings (SSSR count). The van der Waals surface area contributed by atoms with Crippen molar-refractivity contribution in [2.24, 2.45) is 0 Å². The molecule has 2 aliphatic rings. The second-order valence-corrected chi connectivity index (χ2v) is 11.9. The lowest BCUT2D eigenvalue weighted by atomic mass is 10.1. The molecule has 0 spiro atoms. The maximum absolute atomic E-state index is 12.7. The summed E-state index contributed by atoms with van der Waals surface area (Å²) in [4.78, 5) is 25.3. The van der Waals surface area contributed by atoms with Crippen molar-refractivity contribution in [3.8, 4) is 46.1 Å². The van der Waals surface area contributed by atoms with Crippen LogP contribution in [0, 0.1) is 12.3 Å². The van der Waals surface area contributed by atoms with Crippen molar-refractivity contribution in [2.75, 3.05) is 6.61 Å². The van der Waals surface area contributed by atoms with Gasteiger partial charge in [0.15, 0.2) is 0 Å². The third-order valence-electron chi connectivity index (χ3n) is 7.59. The summed E-state index contributed by atoms with van der Waals surface area (Å²) in [5.74, 6) is 2.79. The van der Waals surface area contributed by atoms with E-state index in [0.717, 1.165) is 51.6 Å². The van der Waals surface area contributed by atoms with Gasteiger partial charge in [-0.2, -0.15) is 0 Å². The molecule has 0 saturated carbocycles. The number of rotatable bonds is 4. The van der Waals surface area contributed by atoms with Crippen molar-refractivity contribution in [1.29, 1.82) is 0 Å². The molecule has 0 fully saturated rings. The van der Waals surface area contributed by atoms with Gasteiger partial charge in [-0.05, 0) is 73.9 Å². The zero-order valence-corrected chi connectivity index (χ0v) is 26.3. The Morgan fingerprint density at radius 1 is 0.698 bits per heavy atom. The molecular formula is C31H30Cl4N4O4. The van der Waals surface area contributed by atoms with E-state index in [1.807, 2.05) is 9.36 Å². The maximum atomic E-state index is 12.7. The molecule has 4 aromatic rings. The number of phenols is 1.